The van der Waals surface area contributed by atoms with Gasteiger partial charge in [-0.15, -0.1) is 11.3 Å². The van der Waals surface area contributed by atoms with Crippen LogP contribution in [0.5, 0.6) is 0 Å². The molecule has 1 atom stereocenters. The summed E-state index contributed by atoms with van der Waals surface area (Å²) in [5.74, 6) is -0.00963. The van der Waals surface area contributed by atoms with E-state index >= 15 is 0 Å². The molecular formula is C21H27N3O2S. The highest BCUT2D eigenvalue weighted by Gasteiger charge is 2.34. The summed E-state index contributed by atoms with van der Waals surface area (Å²) in [7, 11) is 3.43. The molecule has 27 heavy (non-hydrogen) atoms. The van der Waals surface area contributed by atoms with Crippen LogP contribution in [0.1, 0.15) is 35.9 Å². The van der Waals surface area contributed by atoms with Gasteiger partial charge in [-0.25, -0.2) is 4.79 Å². The van der Waals surface area contributed by atoms with Gasteiger partial charge in [-0.2, -0.15) is 0 Å². The van der Waals surface area contributed by atoms with Gasteiger partial charge in [-0.05, 0) is 42.8 Å². The van der Waals surface area contributed by atoms with Crippen molar-refractivity contribution < 1.29 is 9.59 Å². The number of benzene rings is 1. The van der Waals surface area contributed by atoms with Gasteiger partial charge in [-0.3, -0.25) is 4.79 Å². The molecule has 3 rings (SSSR count). The largest absolute Gasteiger partial charge is 0.331 e. The number of hydrogen-bond acceptors (Lipinski definition) is 3. The second kappa shape index (κ2) is 8.13. The van der Waals surface area contributed by atoms with Crippen molar-refractivity contribution in [2.75, 3.05) is 27.2 Å². The van der Waals surface area contributed by atoms with E-state index < -0.39 is 0 Å². The summed E-state index contributed by atoms with van der Waals surface area (Å²) in [6.45, 7) is 4.65. The van der Waals surface area contributed by atoms with Crippen LogP contribution in [0.25, 0.3) is 0 Å². The molecule has 0 bridgehead atoms. The van der Waals surface area contributed by atoms with Gasteiger partial charge in [0.2, 0.25) is 5.91 Å². The van der Waals surface area contributed by atoms with Crippen LogP contribution < -0.4 is 0 Å². The first kappa shape index (κ1) is 19.4. The zero-order valence-electron chi connectivity index (χ0n) is 16.4. The Kier molecular flexibility index (Phi) is 5.85. The van der Waals surface area contributed by atoms with E-state index in [1.54, 1.807) is 30.3 Å². The molecule has 6 heteroatoms. The van der Waals surface area contributed by atoms with E-state index in [4.69, 9.17) is 0 Å². The normalized spacial score (nSPS) is 16.2. The lowest BCUT2D eigenvalue weighted by atomic mass is 9.93. The summed E-state index contributed by atoms with van der Waals surface area (Å²) in [6.07, 6.45) is 0.866. The lowest BCUT2D eigenvalue weighted by Gasteiger charge is -2.38. The van der Waals surface area contributed by atoms with Crippen LogP contribution >= 0.6 is 11.3 Å². The third kappa shape index (κ3) is 4.00. The number of hydrogen-bond donors (Lipinski definition) is 0. The third-order valence-corrected chi connectivity index (χ3v) is 5.96. The summed E-state index contributed by atoms with van der Waals surface area (Å²) in [5.41, 5.74) is 2.32. The summed E-state index contributed by atoms with van der Waals surface area (Å²) in [6, 6.07) is 12.0. The van der Waals surface area contributed by atoms with Crippen molar-refractivity contribution in [3.8, 4) is 0 Å². The molecule has 1 aliphatic heterocycles. The molecule has 1 aliphatic rings. The highest BCUT2D eigenvalue weighted by Crippen LogP contribution is 2.37. The van der Waals surface area contributed by atoms with E-state index in [2.05, 4.69) is 23.6 Å². The topological polar surface area (TPSA) is 43.9 Å². The van der Waals surface area contributed by atoms with Crippen LogP contribution in [0, 0.1) is 0 Å². The molecule has 0 saturated heterocycles. The maximum Gasteiger partial charge on any atom is 0.320 e. The van der Waals surface area contributed by atoms with Crippen LogP contribution in [0.15, 0.2) is 41.8 Å². The molecule has 0 radical (unpaired) electrons. The fraction of sp³-hybridized carbons (Fsp3) is 0.429. The molecule has 0 saturated carbocycles. The monoisotopic (exact) mass is 385 g/mol. The quantitative estimate of drug-likeness (QED) is 0.807. The molecule has 0 fully saturated rings. The Balaban J connectivity index is 1.90. The first-order valence-electron chi connectivity index (χ1n) is 9.28. The molecule has 1 aromatic carbocycles. The van der Waals surface area contributed by atoms with Gasteiger partial charge < -0.3 is 14.7 Å². The third-order valence-electron chi connectivity index (χ3n) is 4.96. The van der Waals surface area contributed by atoms with Gasteiger partial charge in [0.15, 0.2) is 0 Å². The Morgan fingerprint density at radius 1 is 1.19 bits per heavy atom. The Morgan fingerprint density at radius 3 is 2.52 bits per heavy atom. The number of urea groups is 1. The fourth-order valence-electron chi connectivity index (χ4n) is 3.54. The maximum atomic E-state index is 13.3. The van der Waals surface area contributed by atoms with Crippen molar-refractivity contribution >= 4 is 23.3 Å². The van der Waals surface area contributed by atoms with Crippen LogP contribution in [0.3, 0.4) is 0 Å². The molecular weight excluding hydrogens is 358 g/mol. The lowest BCUT2D eigenvalue weighted by molar-refractivity contribution is -0.134. The van der Waals surface area contributed by atoms with E-state index in [1.807, 2.05) is 36.9 Å². The van der Waals surface area contributed by atoms with Crippen molar-refractivity contribution in [2.24, 2.45) is 0 Å². The van der Waals surface area contributed by atoms with Gasteiger partial charge >= 0.3 is 6.03 Å². The molecule has 2 heterocycles. The van der Waals surface area contributed by atoms with Crippen molar-refractivity contribution in [1.82, 2.24) is 14.7 Å². The molecule has 2 aromatic rings. The molecule has 0 N–H and O–H groups in total. The van der Waals surface area contributed by atoms with Gasteiger partial charge in [-0.1, -0.05) is 30.3 Å². The van der Waals surface area contributed by atoms with Gasteiger partial charge in [0.25, 0.3) is 0 Å². The van der Waals surface area contributed by atoms with Crippen LogP contribution in [0.4, 0.5) is 4.79 Å². The number of carbonyl (C=O) groups is 2. The number of carbonyl (C=O) groups excluding carboxylic acids is 2. The van der Waals surface area contributed by atoms with Crippen molar-refractivity contribution in [2.45, 2.75) is 32.4 Å². The Labute approximate surface area is 165 Å². The smallest absolute Gasteiger partial charge is 0.320 e. The van der Waals surface area contributed by atoms with Gasteiger partial charge in [0.05, 0.1) is 6.04 Å². The molecule has 0 aliphatic carbocycles. The predicted molar refractivity (Wildman–Crippen MR) is 109 cm³/mol. The standard InChI is InChI=1S/C21H27N3O2S/c1-15(2)24(21(26)22(3)4)14-19(25)23-12-10-18-17(11-13-27-18)20(23)16-8-6-5-7-9-16/h5-9,11,13,15,20H,10,12,14H2,1-4H3/t20-/m1/s1. The number of nitrogens with zero attached hydrogens (tertiary/aromatic N) is 3. The van der Waals surface area contributed by atoms with Crippen molar-refractivity contribution in [3.05, 3.63) is 57.8 Å². The minimum atomic E-state index is -0.136. The summed E-state index contributed by atoms with van der Waals surface area (Å²) in [5, 5.41) is 2.10. The number of amides is 3. The van der Waals surface area contributed by atoms with Crippen LogP contribution in [0.2, 0.25) is 0 Å². The van der Waals surface area contributed by atoms with Crippen LogP contribution in [-0.2, 0) is 11.2 Å². The second-order valence-electron chi connectivity index (χ2n) is 7.35. The molecule has 5 nitrogen and oxygen atoms in total. The average Bonchev–Trinajstić information content (AvgIpc) is 3.13. The van der Waals surface area contributed by atoms with E-state index in [-0.39, 0.29) is 30.6 Å². The molecule has 1 aromatic heterocycles. The van der Waals surface area contributed by atoms with E-state index in [0.29, 0.717) is 6.54 Å². The summed E-state index contributed by atoms with van der Waals surface area (Å²) >= 11 is 1.76. The fourth-order valence-corrected chi connectivity index (χ4v) is 4.45. The summed E-state index contributed by atoms with van der Waals surface area (Å²) in [4.78, 5) is 32.2. The van der Waals surface area contributed by atoms with E-state index in [9.17, 15) is 9.59 Å². The highest BCUT2D eigenvalue weighted by molar-refractivity contribution is 7.10. The van der Waals surface area contributed by atoms with Crippen LogP contribution in [-0.4, -0.2) is 59.9 Å². The maximum absolute atomic E-state index is 13.3. The Hall–Kier alpha value is -2.34. The first-order chi connectivity index (χ1) is 12.9. The minimum absolute atomic E-state index is 0.00963. The molecule has 3 amide bonds. The molecule has 0 spiro atoms. The minimum Gasteiger partial charge on any atom is -0.331 e. The highest BCUT2D eigenvalue weighted by atomic mass is 32.1. The number of rotatable bonds is 4. The first-order valence-corrected chi connectivity index (χ1v) is 10.2. The SMILES string of the molecule is CC(C)N(CC(=O)N1CCc2sccc2[C@H]1c1ccccc1)C(=O)N(C)C. The lowest BCUT2D eigenvalue weighted by Crippen LogP contribution is -2.51. The van der Waals surface area contributed by atoms with E-state index in [1.165, 1.54) is 15.3 Å². The average molecular weight is 386 g/mol. The van der Waals surface area contributed by atoms with Crippen molar-refractivity contribution in [3.63, 3.8) is 0 Å². The Bertz CT molecular complexity index is 801. The Morgan fingerprint density at radius 2 is 1.89 bits per heavy atom. The molecule has 144 valence electrons. The molecule has 0 unspecified atom stereocenters. The van der Waals surface area contributed by atoms with E-state index in [0.717, 1.165) is 12.0 Å². The number of thiophene rings is 1. The van der Waals surface area contributed by atoms with Gasteiger partial charge in [0, 0.05) is 31.6 Å². The van der Waals surface area contributed by atoms with Gasteiger partial charge in [0.1, 0.15) is 6.54 Å². The summed E-state index contributed by atoms with van der Waals surface area (Å²) < 4.78 is 0. The number of fused-ring (bicyclic) bond motifs is 1. The van der Waals surface area contributed by atoms with Crippen molar-refractivity contribution in [1.29, 1.82) is 0 Å². The zero-order chi connectivity index (χ0) is 19.6. The second-order valence-corrected chi connectivity index (χ2v) is 8.35. The predicted octanol–water partition coefficient (Wildman–Crippen LogP) is 3.61. The zero-order valence-corrected chi connectivity index (χ0v) is 17.2.